The normalized spacial score (nSPS) is 39.4. The van der Waals surface area contributed by atoms with Gasteiger partial charge in [0.15, 0.2) is 18.7 Å². The standard InChI is InChI=1S/C32H56O13/c1-20-16-14-12-10-8-6-4-3-5-7-9-11-13-15-17-24(35)44-29-22(18-33)42-31(28(39)27(29)38)45-30-26(37)25(36)23(19-40-21(2)34)43-32(30)41-20/h20,22-23,25-33,36-39H,3-19H2,1-2H3. The molecule has 0 aromatic heterocycles. The summed E-state index contributed by atoms with van der Waals surface area (Å²) in [5.74, 6) is -1.17. The second-order valence-electron chi connectivity index (χ2n) is 12.7. The quantitative estimate of drug-likeness (QED) is 0.280. The van der Waals surface area contributed by atoms with Crippen LogP contribution in [-0.4, -0.2) is 118 Å². The van der Waals surface area contributed by atoms with Gasteiger partial charge in [0.05, 0.1) is 12.7 Å². The minimum Gasteiger partial charge on any atom is -0.463 e. The van der Waals surface area contributed by atoms with Gasteiger partial charge in [-0.05, 0) is 19.8 Å². The van der Waals surface area contributed by atoms with Crippen LogP contribution in [0.15, 0.2) is 0 Å². The second kappa shape index (κ2) is 20.1. The highest BCUT2D eigenvalue weighted by Crippen LogP contribution is 2.32. The van der Waals surface area contributed by atoms with Crippen LogP contribution < -0.4 is 0 Å². The number of aliphatic hydroxyl groups is 5. The molecule has 2 bridgehead atoms. The Kier molecular flexibility index (Phi) is 17.0. The largest absolute Gasteiger partial charge is 0.463 e. The number of carbonyl (C=O) groups is 2. The second-order valence-corrected chi connectivity index (χ2v) is 12.7. The smallest absolute Gasteiger partial charge is 0.306 e. The highest BCUT2D eigenvalue weighted by Gasteiger charge is 2.52. The van der Waals surface area contributed by atoms with Crippen molar-refractivity contribution in [1.82, 2.24) is 0 Å². The number of rotatable bonds is 3. The molecule has 4 rings (SSSR count). The zero-order valence-corrected chi connectivity index (χ0v) is 26.9. The fraction of sp³-hybridized carbons (Fsp3) is 0.938. The highest BCUT2D eigenvalue weighted by atomic mass is 16.8. The van der Waals surface area contributed by atoms with Crippen molar-refractivity contribution in [3.05, 3.63) is 0 Å². The van der Waals surface area contributed by atoms with E-state index in [9.17, 15) is 35.1 Å². The third-order valence-corrected chi connectivity index (χ3v) is 8.83. The summed E-state index contributed by atoms with van der Waals surface area (Å²) >= 11 is 0. The van der Waals surface area contributed by atoms with E-state index in [4.69, 9.17) is 28.4 Å². The van der Waals surface area contributed by atoms with Gasteiger partial charge in [0.25, 0.3) is 0 Å². The fourth-order valence-corrected chi connectivity index (χ4v) is 6.12. The van der Waals surface area contributed by atoms with Gasteiger partial charge in [-0.3, -0.25) is 9.59 Å². The number of ether oxygens (including phenoxy) is 6. The van der Waals surface area contributed by atoms with Crippen LogP contribution >= 0.6 is 0 Å². The molecule has 0 aromatic rings. The molecule has 0 aromatic carbocycles. The Balaban J connectivity index is 1.74. The molecule has 13 nitrogen and oxygen atoms in total. The van der Waals surface area contributed by atoms with Crippen molar-refractivity contribution < 1.29 is 63.5 Å². The lowest BCUT2D eigenvalue weighted by Gasteiger charge is -2.46. The molecule has 5 N–H and O–H groups in total. The Morgan fingerprint density at radius 1 is 0.689 bits per heavy atom. The molecule has 0 spiro atoms. The molecule has 4 heterocycles. The number of carbonyl (C=O) groups excluding carboxylic acids is 2. The zero-order valence-electron chi connectivity index (χ0n) is 26.9. The van der Waals surface area contributed by atoms with Crippen LogP contribution in [0.3, 0.4) is 0 Å². The first-order chi connectivity index (χ1) is 21.6. The van der Waals surface area contributed by atoms with Crippen molar-refractivity contribution in [2.24, 2.45) is 0 Å². The van der Waals surface area contributed by atoms with Crippen LogP contribution in [0.4, 0.5) is 0 Å². The predicted octanol–water partition coefficient (Wildman–Crippen LogP) is 2.00. The molecule has 0 amide bonds. The Morgan fingerprint density at radius 2 is 1.22 bits per heavy atom. The fourth-order valence-electron chi connectivity index (χ4n) is 6.12. The van der Waals surface area contributed by atoms with Crippen molar-refractivity contribution in [3.8, 4) is 0 Å². The van der Waals surface area contributed by atoms with Gasteiger partial charge >= 0.3 is 11.9 Å². The van der Waals surface area contributed by atoms with E-state index in [1.807, 2.05) is 6.92 Å². The van der Waals surface area contributed by atoms with E-state index in [-0.39, 0.29) is 19.1 Å². The Hall–Kier alpha value is -1.42. The maximum atomic E-state index is 12.6. The summed E-state index contributed by atoms with van der Waals surface area (Å²) in [6, 6.07) is 0. The number of aliphatic hydroxyl groups excluding tert-OH is 5. The molecule has 11 unspecified atom stereocenters. The zero-order chi connectivity index (χ0) is 32.8. The van der Waals surface area contributed by atoms with E-state index in [1.54, 1.807) is 0 Å². The van der Waals surface area contributed by atoms with E-state index < -0.39 is 80.0 Å². The summed E-state index contributed by atoms with van der Waals surface area (Å²) in [5, 5.41) is 53.7. The molecular weight excluding hydrogens is 592 g/mol. The van der Waals surface area contributed by atoms with Crippen molar-refractivity contribution in [1.29, 1.82) is 0 Å². The maximum absolute atomic E-state index is 12.6. The molecule has 11 atom stereocenters. The summed E-state index contributed by atoms with van der Waals surface area (Å²) in [6.45, 7) is 2.06. The number of hydrogen-bond donors (Lipinski definition) is 5. The first-order valence-corrected chi connectivity index (χ1v) is 16.9. The first-order valence-electron chi connectivity index (χ1n) is 16.9. The van der Waals surface area contributed by atoms with Crippen molar-refractivity contribution in [3.63, 3.8) is 0 Å². The van der Waals surface area contributed by atoms with Gasteiger partial charge in [-0.15, -0.1) is 0 Å². The van der Waals surface area contributed by atoms with Crippen LogP contribution in [0.5, 0.6) is 0 Å². The van der Waals surface area contributed by atoms with Gasteiger partial charge in [0, 0.05) is 13.3 Å². The molecule has 45 heavy (non-hydrogen) atoms. The molecule has 4 aliphatic heterocycles. The van der Waals surface area contributed by atoms with Crippen LogP contribution in [0, 0.1) is 0 Å². The molecule has 13 heteroatoms. The average Bonchev–Trinajstić information content (AvgIpc) is 3.00. The number of esters is 2. The van der Waals surface area contributed by atoms with E-state index >= 15 is 0 Å². The topological polar surface area (TPSA) is 191 Å². The highest BCUT2D eigenvalue weighted by molar-refractivity contribution is 5.69. The molecule has 4 fully saturated rings. The summed E-state index contributed by atoms with van der Waals surface area (Å²) in [4.78, 5) is 24.0. The lowest BCUT2D eigenvalue weighted by molar-refractivity contribution is -0.371. The lowest BCUT2D eigenvalue weighted by Crippen LogP contribution is -2.65. The van der Waals surface area contributed by atoms with E-state index in [0.717, 1.165) is 38.5 Å². The van der Waals surface area contributed by atoms with Gasteiger partial charge in [-0.2, -0.15) is 0 Å². The van der Waals surface area contributed by atoms with Gasteiger partial charge in [0.1, 0.15) is 49.3 Å². The van der Waals surface area contributed by atoms with Gasteiger partial charge < -0.3 is 54.0 Å². The Morgan fingerprint density at radius 3 is 1.80 bits per heavy atom. The van der Waals surface area contributed by atoms with E-state index in [1.165, 1.54) is 45.4 Å². The summed E-state index contributed by atoms with van der Waals surface area (Å²) in [5.41, 5.74) is 0. The molecule has 262 valence electrons. The van der Waals surface area contributed by atoms with Crippen molar-refractivity contribution in [2.45, 2.75) is 178 Å². The maximum Gasteiger partial charge on any atom is 0.306 e. The third-order valence-electron chi connectivity index (χ3n) is 8.83. The van der Waals surface area contributed by atoms with Gasteiger partial charge in [0.2, 0.25) is 0 Å². The molecule has 0 saturated carbocycles. The van der Waals surface area contributed by atoms with E-state index in [0.29, 0.717) is 12.8 Å². The number of hydrogen-bond acceptors (Lipinski definition) is 13. The van der Waals surface area contributed by atoms with E-state index in [2.05, 4.69) is 0 Å². The van der Waals surface area contributed by atoms with Crippen LogP contribution in [0.2, 0.25) is 0 Å². The average molecular weight is 649 g/mol. The van der Waals surface area contributed by atoms with Crippen molar-refractivity contribution >= 4 is 11.9 Å². The Labute approximate surface area is 266 Å². The minimum absolute atomic E-state index is 0.132. The SMILES string of the molecule is CC(=O)OCC1OC2OC(C)CCCCCCCCCCCCCCCC(=O)OC3C(CO)OC(OC2C(O)C1O)C(O)C3O. The minimum atomic E-state index is -1.75. The summed E-state index contributed by atoms with van der Waals surface area (Å²) in [6.07, 6.45) is -0.126. The van der Waals surface area contributed by atoms with Crippen LogP contribution in [0.1, 0.15) is 110 Å². The monoisotopic (exact) mass is 648 g/mol. The summed E-state index contributed by atoms with van der Waals surface area (Å²) in [7, 11) is 0. The lowest BCUT2D eigenvalue weighted by atomic mass is 9.97. The molecular formula is C32H56O13. The first kappa shape index (κ1) is 38.0. The predicted molar refractivity (Wildman–Crippen MR) is 160 cm³/mol. The van der Waals surface area contributed by atoms with Gasteiger partial charge in [-0.25, -0.2) is 0 Å². The Bertz CT molecular complexity index is 857. The third kappa shape index (κ3) is 12.3. The number of fused-ring (bicyclic) bond motifs is 20. The molecule has 4 aliphatic rings. The van der Waals surface area contributed by atoms with Gasteiger partial charge in [-0.1, -0.05) is 77.0 Å². The van der Waals surface area contributed by atoms with Crippen LogP contribution in [0.25, 0.3) is 0 Å². The van der Waals surface area contributed by atoms with Crippen LogP contribution in [-0.2, 0) is 38.0 Å². The molecule has 0 radical (unpaired) electrons. The molecule has 4 saturated heterocycles. The van der Waals surface area contributed by atoms with Crippen molar-refractivity contribution in [2.75, 3.05) is 13.2 Å². The molecule has 0 aliphatic carbocycles. The summed E-state index contributed by atoms with van der Waals surface area (Å²) < 4.78 is 34.1.